The molecule has 2 nitrogen and oxygen atoms in total. The maximum Gasteiger partial charge on any atom is 0.303 e. The van der Waals surface area contributed by atoms with E-state index in [9.17, 15) is 4.79 Å². The van der Waals surface area contributed by atoms with E-state index in [-0.39, 0.29) is 6.42 Å². The van der Waals surface area contributed by atoms with Gasteiger partial charge in [0.25, 0.3) is 0 Å². The fourth-order valence-electron chi connectivity index (χ4n) is 3.73. The Hall–Kier alpha value is -2.35. The molecule has 0 aliphatic heterocycles. The van der Waals surface area contributed by atoms with Crippen LogP contribution in [0.5, 0.6) is 0 Å². The molecule has 1 N–H and O–H groups in total. The van der Waals surface area contributed by atoms with E-state index in [2.05, 4.69) is 42.5 Å². The molecule has 0 atom stereocenters. The number of carboxylic acids is 1. The Balaban J connectivity index is 1.84. The maximum atomic E-state index is 10.7. The molecule has 0 spiro atoms. The first kappa shape index (κ1) is 13.3. The molecule has 2 aliphatic carbocycles. The first-order valence-corrected chi connectivity index (χ1v) is 7.89. The van der Waals surface area contributed by atoms with Crippen molar-refractivity contribution in [2.75, 3.05) is 0 Å². The topological polar surface area (TPSA) is 37.3 Å². The number of carbonyl (C=O) groups is 1. The van der Waals surface area contributed by atoms with E-state index in [1.54, 1.807) is 0 Å². The molecule has 0 aromatic heterocycles. The van der Waals surface area contributed by atoms with Crippen LogP contribution in [0.15, 0.2) is 42.5 Å². The summed E-state index contributed by atoms with van der Waals surface area (Å²) < 4.78 is 0. The summed E-state index contributed by atoms with van der Waals surface area (Å²) in [7, 11) is 0. The van der Waals surface area contributed by atoms with Gasteiger partial charge < -0.3 is 5.11 Å². The standard InChI is InChI=1S/C20H18O2/c21-18(22)6-2-3-13-7-8-16-10-9-14-4-1-5-15-11-12-17(13)20(16)19(14)15/h1,4,7-9,11-12H,2-3,5-6,10H2,(H,21,22). The van der Waals surface area contributed by atoms with Gasteiger partial charge in [0.1, 0.15) is 0 Å². The maximum absolute atomic E-state index is 10.7. The van der Waals surface area contributed by atoms with Crippen molar-refractivity contribution in [3.05, 3.63) is 64.7 Å². The van der Waals surface area contributed by atoms with Crippen LogP contribution in [0.1, 0.15) is 35.1 Å². The van der Waals surface area contributed by atoms with Crippen molar-refractivity contribution in [2.24, 2.45) is 0 Å². The number of carboxylic acid groups (broad SMARTS) is 1. The molecule has 2 aromatic rings. The smallest absolute Gasteiger partial charge is 0.303 e. The fourth-order valence-corrected chi connectivity index (χ4v) is 3.73. The first-order valence-electron chi connectivity index (χ1n) is 7.89. The van der Waals surface area contributed by atoms with Crippen LogP contribution >= 0.6 is 0 Å². The van der Waals surface area contributed by atoms with Crippen LogP contribution in [-0.4, -0.2) is 11.1 Å². The number of aryl methyl sites for hydroxylation is 1. The summed E-state index contributed by atoms with van der Waals surface area (Å²) in [5.41, 5.74) is 6.83. The van der Waals surface area contributed by atoms with Gasteiger partial charge in [0.15, 0.2) is 0 Å². The van der Waals surface area contributed by atoms with Crippen molar-refractivity contribution < 1.29 is 9.90 Å². The zero-order valence-corrected chi connectivity index (χ0v) is 12.4. The molecule has 0 heterocycles. The fraction of sp³-hybridized carbons (Fsp3) is 0.250. The highest BCUT2D eigenvalue weighted by molar-refractivity contribution is 6.03. The van der Waals surface area contributed by atoms with E-state index < -0.39 is 5.97 Å². The number of aliphatic carboxylic acids is 1. The van der Waals surface area contributed by atoms with Crippen LogP contribution in [0.4, 0.5) is 0 Å². The van der Waals surface area contributed by atoms with Crippen LogP contribution in [0.3, 0.4) is 0 Å². The van der Waals surface area contributed by atoms with Crippen LogP contribution in [0, 0.1) is 0 Å². The molecular weight excluding hydrogens is 272 g/mol. The minimum Gasteiger partial charge on any atom is -0.481 e. The second-order valence-corrected chi connectivity index (χ2v) is 6.12. The quantitative estimate of drug-likeness (QED) is 0.911. The van der Waals surface area contributed by atoms with Gasteiger partial charge in [-0.15, -0.1) is 0 Å². The SMILES string of the molecule is O=C(O)CCCc1ccc2c3c4c(ccc13)CC=CC4=CC2. The summed E-state index contributed by atoms with van der Waals surface area (Å²) in [6, 6.07) is 8.88. The Morgan fingerprint density at radius 3 is 2.82 bits per heavy atom. The minimum atomic E-state index is -0.713. The van der Waals surface area contributed by atoms with Gasteiger partial charge in [0.2, 0.25) is 0 Å². The molecule has 110 valence electrons. The Labute approximate surface area is 129 Å². The van der Waals surface area contributed by atoms with Gasteiger partial charge >= 0.3 is 5.97 Å². The monoisotopic (exact) mass is 290 g/mol. The summed E-state index contributed by atoms with van der Waals surface area (Å²) >= 11 is 0. The first-order chi connectivity index (χ1) is 10.7. The molecule has 2 aliphatic rings. The molecule has 0 bridgehead atoms. The Morgan fingerprint density at radius 2 is 1.95 bits per heavy atom. The van der Waals surface area contributed by atoms with Gasteiger partial charge in [0, 0.05) is 6.42 Å². The second-order valence-electron chi connectivity index (χ2n) is 6.12. The number of benzene rings is 2. The largest absolute Gasteiger partial charge is 0.481 e. The number of hydrogen-bond acceptors (Lipinski definition) is 1. The van der Waals surface area contributed by atoms with Crippen molar-refractivity contribution in [1.29, 1.82) is 0 Å². The van der Waals surface area contributed by atoms with Crippen molar-refractivity contribution in [2.45, 2.75) is 32.1 Å². The highest BCUT2D eigenvalue weighted by Crippen LogP contribution is 2.39. The van der Waals surface area contributed by atoms with E-state index >= 15 is 0 Å². The molecule has 0 saturated carbocycles. The predicted molar refractivity (Wildman–Crippen MR) is 89.0 cm³/mol. The molecule has 0 fully saturated rings. The van der Waals surface area contributed by atoms with Crippen LogP contribution in [0.25, 0.3) is 16.3 Å². The summed E-state index contributed by atoms with van der Waals surface area (Å²) in [5, 5.41) is 11.5. The summed E-state index contributed by atoms with van der Waals surface area (Å²) in [4.78, 5) is 10.7. The minimum absolute atomic E-state index is 0.238. The van der Waals surface area contributed by atoms with E-state index in [0.29, 0.717) is 6.42 Å². The van der Waals surface area contributed by atoms with Crippen molar-refractivity contribution >= 4 is 22.3 Å². The van der Waals surface area contributed by atoms with Gasteiger partial charge in [-0.05, 0) is 64.3 Å². The third-order valence-electron chi connectivity index (χ3n) is 4.75. The summed E-state index contributed by atoms with van der Waals surface area (Å²) in [6.45, 7) is 0. The summed E-state index contributed by atoms with van der Waals surface area (Å²) in [5.74, 6) is -0.713. The molecule has 22 heavy (non-hydrogen) atoms. The molecule has 2 heteroatoms. The third-order valence-corrected chi connectivity index (χ3v) is 4.75. The van der Waals surface area contributed by atoms with E-state index in [4.69, 9.17) is 5.11 Å². The van der Waals surface area contributed by atoms with E-state index in [0.717, 1.165) is 19.3 Å². The van der Waals surface area contributed by atoms with Gasteiger partial charge in [-0.1, -0.05) is 42.5 Å². The number of hydrogen-bond donors (Lipinski definition) is 1. The lowest BCUT2D eigenvalue weighted by atomic mass is 9.80. The predicted octanol–water partition coefficient (Wildman–Crippen LogP) is 4.30. The molecule has 2 aromatic carbocycles. The van der Waals surface area contributed by atoms with E-state index in [1.807, 2.05) is 0 Å². The number of allylic oxidation sites excluding steroid dienone is 4. The molecule has 0 unspecified atom stereocenters. The lowest BCUT2D eigenvalue weighted by molar-refractivity contribution is -0.137. The average molecular weight is 290 g/mol. The second kappa shape index (κ2) is 5.13. The Morgan fingerprint density at radius 1 is 1.09 bits per heavy atom. The van der Waals surface area contributed by atoms with Crippen molar-refractivity contribution in [1.82, 2.24) is 0 Å². The van der Waals surface area contributed by atoms with Crippen molar-refractivity contribution in [3.63, 3.8) is 0 Å². The molecule has 0 radical (unpaired) electrons. The molecular formula is C20H18O2. The molecule has 0 saturated heterocycles. The normalized spacial score (nSPS) is 15.0. The van der Waals surface area contributed by atoms with Crippen LogP contribution < -0.4 is 0 Å². The van der Waals surface area contributed by atoms with Crippen LogP contribution in [-0.2, 0) is 24.1 Å². The van der Waals surface area contributed by atoms with Crippen LogP contribution in [0.2, 0.25) is 0 Å². The van der Waals surface area contributed by atoms with Gasteiger partial charge in [-0.3, -0.25) is 4.79 Å². The summed E-state index contributed by atoms with van der Waals surface area (Å²) in [6.07, 6.45) is 10.6. The highest BCUT2D eigenvalue weighted by atomic mass is 16.4. The molecule has 0 amide bonds. The zero-order chi connectivity index (χ0) is 15.1. The average Bonchev–Trinajstić information content (AvgIpc) is 2.53. The van der Waals surface area contributed by atoms with Crippen molar-refractivity contribution in [3.8, 4) is 0 Å². The van der Waals surface area contributed by atoms with E-state index in [1.165, 1.54) is 38.6 Å². The number of rotatable bonds is 4. The third kappa shape index (κ3) is 2.07. The highest BCUT2D eigenvalue weighted by Gasteiger charge is 2.20. The Bertz CT molecular complexity index is 840. The lowest BCUT2D eigenvalue weighted by Crippen LogP contribution is -2.06. The van der Waals surface area contributed by atoms with Gasteiger partial charge in [-0.25, -0.2) is 0 Å². The lowest BCUT2D eigenvalue weighted by Gasteiger charge is -2.24. The molecule has 4 rings (SSSR count). The van der Waals surface area contributed by atoms with Gasteiger partial charge in [-0.2, -0.15) is 0 Å². The Kier molecular flexibility index (Phi) is 3.11. The zero-order valence-electron chi connectivity index (χ0n) is 12.4. The van der Waals surface area contributed by atoms with Gasteiger partial charge in [0.05, 0.1) is 0 Å².